The summed E-state index contributed by atoms with van der Waals surface area (Å²) >= 11 is 0. The molecule has 4 N–H and O–H groups in total. The van der Waals surface area contributed by atoms with Crippen molar-refractivity contribution in [2.24, 2.45) is 5.92 Å². The summed E-state index contributed by atoms with van der Waals surface area (Å²) in [6.07, 6.45) is -2.45. The van der Waals surface area contributed by atoms with E-state index >= 15 is 0 Å². The molecule has 1 saturated carbocycles. The van der Waals surface area contributed by atoms with Gasteiger partial charge in [-0.05, 0) is 25.7 Å². The van der Waals surface area contributed by atoms with Gasteiger partial charge < -0.3 is 10.4 Å². The van der Waals surface area contributed by atoms with E-state index in [2.05, 4.69) is 5.32 Å². The van der Waals surface area contributed by atoms with Gasteiger partial charge in [0.25, 0.3) is 0 Å². The first-order chi connectivity index (χ1) is 8.90. The van der Waals surface area contributed by atoms with E-state index in [0.717, 1.165) is 0 Å². The third kappa shape index (κ3) is 5.06. The molecule has 0 saturated heterocycles. The Balaban J connectivity index is 2.29. The minimum Gasteiger partial charge on any atom is -0.465 e. The van der Waals surface area contributed by atoms with Gasteiger partial charge in [0.15, 0.2) is 0 Å². The number of carbonyl (C=O) groups excluding carboxylic acids is 2. The monoisotopic (exact) mass is 279 g/mol. The Morgan fingerprint density at radius 3 is 2.11 bits per heavy atom. The van der Waals surface area contributed by atoms with Gasteiger partial charge in [-0.25, -0.2) is 4.79 Å². The van der Waals surface area contributed by atoms with Crippen molar-refractivity contribution in [1.29, 1.82) is 0 Å². The van der Waals surface area contributed by atoms with Gasteiger partial charge in [-0.15, -0.1) is 0 Å². The molecule has 0 spiro atoms. The molecule has 19 heavy (non-hydrogen) atoms. The summed E-state index contributed by atoms with van der Waals surface area (Å²) < 4.78 is 23.7. The van der Waals surface area contributed by atoms with Crippen LogP contribution in [-0.2, 0) is 9.59 Å². The fourth-order valence-electron chi connectivity index (χ4n) is 1.95. The first-order valence-electron chi connectivity index (χ1n) is 5.77. The van der Waals surface area contributed by atoms with E-state index < -0.39 is 30.3 Å². The largest absolute Gasteiger partial charge is 0.465 e. The van der Waals surface area contributed by atoms with Gasteiger partial charge in [0, 0.05) is 12.0 Å². The lowest BCUT2D eigenvalue weighted by Gasteiger charge is -2.27. The van der Waals surface area contributed by atoms with Crippen molar-refractivity contribution in [2.75, 3.05) is 0 Å². The van der Waals surface area contributed by atoms with Crippen molar-refractivity contribution in [1.82, 2.24) is 16.2 Å². The van der Waals surface area contributed by atoms with Crippen LogP contribution in [0.2, 0.25) is 0 Å². The number of halogens is 2. The van der Waals surface area contributed by atoms with E-state index in [9.17, 15) is 23.2 Å². The van der Waals surface area contributed by atoms with E-state index in [4.69, 9.17) is 5.11 Å². The van der Waals surface area contributed by atoms with E-state index in [1.54, 1.807) is 5.43 Å². The Morgan fingerprint density at radius 2 is 1.63 bits per heavy atom. The van der Waals surface area contributed by atoms with Crippen LogP contribution in [0, 0.1) is 5.92 Å². The first kappa shape index (κ1) is 15.1. The van der Waals surface area contributed by atoms with Crippen LogP contribution in [0.25, 0.3) is 0 Å². The lowest BCUT2D eigenvalue weighted by Crippen LogP contribution is -2.48. The summed E-state index contributed by atoms with van der Waals surface area (Å²) in [4.78, 5) is 32.5. The highest BCUT2D eigenvalue weighted by Crippen LogP contribution is 2.24. The van der Waals surface area contributed by atoms with E-state index in [-0.39, 0.29) is 6.04 Å². The van der Waals surface area contributed by atoms with Crippen LogP contribution in [0.15, 0.2) is 0 Å². The minimum atomic E-state index is -3.18. The molecular weight excluding hydrogens is 264 g/mol. The van der Waals surface area contributed by atoms with Crippen LogP contribution in [-0.4, -0.2) is 35.5 Å². The van der Waals surface area contributed by atoms with Crippen molar-refractivity contribution in [3.8, 4) is 0 Å². The number of hydrogen-bond acceptors (Lipinski definition) is 3. The average Bonchev–Trinajstić information content (AvgIpc) is 2.35. The number of nitrogens with one attached hydrogen (secondary N) is 3. The standard InChI is InChI=1S/C10H15F2N3O4/c11-7(12)9(17)15-14-8(16)5-1-3-6(4-2-5)13-10(18)19/h5-7,13H,1-4H2,(H,14,16)(H,15,17)(H,18,19). The molecule has 0 atom stereocenters. The second kappa shape index (κ2) is 6.86. The van der Waals surface area contributed by atoms with Crippen molar-refractivity contribution in [3.63, 3.8) is 0 Å². The number of rotatable bonds is 3. The van der Waals surface area contributed by atoms with Gasteiger partial charge in [0.2, 0.25) is 5.91 Å². The number of carbonyl (C=O) groups is 3. The third-order valence-electron chi connectivity index (χ3n) is 2.93. The third-order valence-corrected chi connectivity index (χ3v) is 2.93. The van der Waals surface area contributed by atoms with Crippen LogP contribution < -0.4 is 16.2 Å². The van der Waals surface area contributed by atoms with Crippen molar-refractivity contribution in [2.45, 2.75) is 38.2 Å². The molecule has 0 radical (unpaired) electrons. The molecule has 1 aliphatic carbocycles. The summed E-state index contributed by atoms with van der Waals surface area (Å²) in [5.41, 5.74) is 3.56. The van der Waals surface area contributed by atoms with Gasteiger partial charge >= 0.3 is 18.4 Å². The topological polar surface area (TPSA) is 108 Å². The van der Waals surface area contributed by atoms with Crippen molar-refractivity contribution < 1.29 is 28.3 Å². The Morgan fingerprint density at radius 1 is 1.05 bits per heavy atom. The van der Waals surface area contributed by atoms with Gasteiger partial charge in [0.05, 0.1) is 0 Å². The van der Waals surface area contributed by atoms with Crippen LogP contribution >= 0.6 is 0 Å². The molecule has 0 aromatic carbocycles. The maximum Gasteiger partial charge on any atom is 0.404 e. The lowest BCUT2D eigenvalue weighted by atomic mass is 9.85. The SMILES string of the molecule is O=C(O)NC1CCC(C(=O)NNC(=O)C(F)F)CC1. The van der Waals surface area contributed by atoms with Crippen LogP contribution in [0.4, 0.5) is 13.6 Å². The van der Waals surface area contributed by atoms with Crippen LogP contribution in [0.1, 0.15) is 25.7 Å². The highest BCUT2D eigenvalue weighted by Gasteiger charge is 2.27. The first-order valence-corrected chi connectivity index (χ1v) is 5.77. The maximum absolute atomic E-state index is 11.9. The molecule has 3 amide bonds. The Hall–Kier alpha value is -1.93. The van der Waals surface area contributed by atoms with Crippen LogP contribution in [0.3, 0.4) is 0 Å². The van der Waals surface area contributed by atoms with E-state index in [1.807, 2.05) is 5.43 Å². The molecule has 108 valence electrons. The van der Waals surface area contributed by atoms with Gasteiger partial charge in [-0.1, -0.05) is 0 Å². The number of hydrazine groups is 1. The number of hydrogen-bond donors (Lipinski definition) is 4. The quantitative estimate of drug-likeness (QED) is 0.554. The lowest BCUT2D eigenvalue weighted by molar-refractivity contribution is -0.137. The Bertz CT molecular complexity index is 357. The van der Waals surface area contributed by atoms with Gasteiger partial charge in [-0.3, -0.25) is 20.4 Å². The maximum atomic E-state index is 11.9. The number of carboxylic acid groups (broad SMARTS) is 1. The highest BCUT2D eigenvalue weighted by atomic mass is 19.3. The normalized spacial score (nSPS) is 22.7. The van der Waals surface area contributed by atoms with E-state index in [1.165, 1.54) is 0 Å². The Labute approximate surface area is 107 Å². The molecule has 0 aliphatic heterocycles. The van der Waals surface area contributed by atoms with Gasteiger partial charge in [-0.2, -0.15) is 8.78 Å². The molecule has 0 bridgehead atoms. The summed E-state index contributed by atoms with van der Waals surface area (Å²) in [5, 5.41) is 10.9. The van der Waals surface area contributed by atoms with Crippen molar-refractivity contribution in [3.05, 3.63) is 0 Å². The summed E-state index contributed by atoms with van der Waals surface area (Å²) in [7, 11) is 0. The summed E-state index contributed by atoms with van der Waals surface area (Å²) in [5.74, 6) is -2.51. The fraction of sp³-hybridized carbons (Fsp3) is 0.700. The Kier molecular flexibility index (Phi) is 5.46. The smallest absolute Gasteiger partial charge is 0.404 e. The predicted octanol–water partition coefficient (Wildman–Crippen LogP) is 0.225. The van der Waals surface area contributed by atoms with E-state index in [0.29, 0.717) is 25.7 Å². The fourth-order valence-corrected chi connectivity index (χ4v) is 1.95. The molecule has 0 aromatic heterocycles. The molecule has 9 heteroatoms. The second-order valence-corrected chi connectivity index (χ2v) is 4.28. The van der Waals surface area contributed by atoms with Gasteiger partial charge in [0.1, 0.15) is 0 Å². The molecular formula is C10H15F2N3O4. The molecule has 7 nitrogen and oxygen atoms in total. The molecule has 1 fully saturated rings. The predicted molar refractivity (Wildman–Crippen MR) is 59.2 cm³/mol. The minimum absolute atomic E-state index is 0.197. The van der Waals surface area contributed by atoms with Crippen LogP contribution in [0.5, 0.6) is 0 Å². The molecule has 1 rings (SSSR count). The number of alkyl halides is 2. The van der Waals surface area contributed by atoms with Crippen molar-refractivity contribution >= 4 is 17.9 Å². The second-order valence-electron chi connectivity index (χ2n) is 4.28. The molecule has 0 heterocycles. The highest BCUT2D eigenvalue weighted by molar-refractivity contribution is 5.84. The summed E-state index contributed by atoms with van der Waals surface area (Å²) in [6, 6.07) is -0.197. The number of amides is 3. The molecule has 1 aliphatic rings. The zero-order valence-corrected chi connectivity index (χ0v) is 9.99. The average molecular weight is 279 g/mol. The molecule has 0 aromatic rings. The zero-order valence-electron chi connectivity index (χ0n) is 9.99. The summed E-state index contributed by atoms with van der Waals surface area (Å²) in [6.45, 7) is 0. The zero-order chi connectivity index (χ0) is 14.4. The molecule has 0 unspecified atom stereocenters.